The molecule has 1 saturated carbocycles. The molecule has 1 aliphatic carbocycles. The van der Waals surface area contributed by atoms with E-state index in [1.807, 2.05) is 6.08 Å². The summed E-state index contributed by atoms with van der Waals surface area (Å²) in [5.41, 5.74) is 0. The van der Waals surface area contributed by atoms with E-state index in [0.29, 0.717) is 11.8 Å². The van der Waals surface area contributed by atoms with Crippen molar-refractivity contribution in [3.8, 4) is 0 Å². The van der Waals surface area contributed by atoms with Crippen LogP contribution in [0.25, 0.3) is 0 Å². The van der Waals surface area contributed by atoms with E-state index in [1.165, 1.54) is 0 Å². The average Bonchev–Trinajstić information content (AvgIpc) is 2.61. The molecule has 0 saturated heterocycles. The number of carbonyl (C=O) groups excluding carboxylic acids is 1. The van der Waals surface area contributed by atoms with Crippen molar-refractivity contribution in [3.63, 3.8) is 0 Å². The Morgan fingerprint density at radius 3 is 2.93 bits per heavy atom. The standard InChI is InChI=1S/C11H12O3/c12-11-2-1-7-5-8-3-4-13-9(8)6-10(7)14-11/h1-4,7-10H,5-6H2. The first kappa shape index (κ1) is 8.09. The lowest BCUT2D eigenvalue weighted by molar-refractivity contribution is -0.151. The van der Waals surface area contributed by atoms with Gasteiger partial charge >= 0.3 is 5.97 Å². The highest BCUT2D eigenvalue weighted by Gasteiger charge is 2.40. The summed E-state index contributed by atoms with van der Waals surface area (Å²) in [6.45, 7) is 0. The zero-order chi connectivity index (χ0) is 9.54. The van der Waals surface area contributed by atoms with Gasteiger partial charge in [-0.25, -0.2) is 4.79 Å². The van der Waals surface area contributed by atoms with Gasteiger partial charge in [0.2, 0.25) is 0 Å². The summed E-state index contributed by atoms with van der Waals surface area (Å²) in [5.74, 6) is 0.689. The highest BCUT2D eigenvalue weighted by Crippen LogP contribution is 2.38. The molecular formula is C11H12O3. The van der Waals surface area contributed by atoms with E-state index in [4.69, 9.17) is 9.47 Å². The molecule has 0 aromatic carbocycles. The van der Waals surface area contributed by atoms with Crippen LogP contribution in [0.4, 0.5) is 0 Å². The van der Waals surface area contributed by atoms with Crippen molar-refractivity contribution in [1.29, 1.82) is 0 Å². The number of ether oxygens (including phenoxy) is 2. The van der Waals surface area contributed by atoms with E-state index in [2.05, 4.69) is 6.08 Å². The highest BCUT2D eigenvalue weighted by molar-refractivity contribution is 5.83. The van der Waals surface area contributed by atoms with E-state index in [1.54, 1.807) is 12.3 Å². The first-order valence-corrected chi connectivity index (χ1v) is 5.04. The predicted octanol–water partition coefficient (Wildman–Crippen LogP) is 1.41. The van der Waals surface area contributed by atoms with Gasteiger partial charge in [-0.3, -0.25) is 0 Å². The smallest absolute Gasteiger partial charge is 0.330 e. The monoisotopic (exact) mass is 192 g/mol. The highest BCUT2D eigenvalue weighted by atomic mass is 16.5. The Bertz CT molecular complexity index is 318. The topological polar surface area (TPSA) is 35.5 Å². The van der Waals surface area contributed by atoms with Gasteiger partial charge < -0.3 is 9.47 Å². The fourth-order valence-corrected chi connectivity index (χ4v) is 2.53. The van der Waals surface area contributed by atoms with Crippen molar-refractivity contribution >= 4 is 5.97 Å². The Kier molecular flexibility index (Phi) is 1.66. The number of rotatable bonds is 0. The fourth-order valence-electron chi connectivity index (χ4n) is 2.53. The summed E-state index contributed by atoms with van der Waals surface area (Å²) in [5, 5.41) is 0. The Morgan fingerprint density at radius 1 is 1.14 bits per heavy atom. The lowest BCUT2D eigenvalue weighted by Gasteiger charge is -2.37. The summed E-state index contributed by atoms with van der Waals surface area (Å²) >= 11 is 0. The molecule has 0 aromatic heterocycles. The van der Waals surface area contributed by atoms with Crippen LogP contribution in [0.5, 0.6) is 0 Å². The van der Waals surface area contributed by atoms with Gasteiger partial charge in [-0.2, -0.15) is 0 Å². The van der Waals surface area contributed by atoms with Gasteiger partial charge in [0.1, 0.15) is 12.2 Å². The SMILES string of the molecule is O=C1C=CC2CC3C=COC3CC2O1. The second-order valence-electron chi connectivity index (χ2n) is 4.14. The quantitative estimate of drug-likeness (QED) is 0.544. The summed E-state index contributed by atoms with van der Waals surface area (Å²) < 4.78 is 10.7. The molecule has 0 amide bonds. The van der Waals surface area contributed by atoms with Crippen LogP contribution in [0.2, 0.25) is 0 Å². The van der Waals surface area contributed by atoms with Crippen LogP contribution in [-0.2, 0) is 14.3 Å². The number of hydrogen-bond donors (Lipinski definition) is 0. The van der Waals surface area contributed by atoms with Crippen molar-refractivity contribution in [3.05, 3.63) is 24.5 Å². The van der Waals surface area contributed by atoms with Crippen LogP contribution in [-0.4, -0.2) is 18.2 Å². The van der Waals surface area contributed by atoms with Crippen LogP contribution >= 0.6 is 0 Å². The van der Waals surface area contributed by atoms with E-state index < -0.39 is 0 Å². The zero-order valence-electron chi connectivity index (χ0n) is 7.76. The molecule has 0 N–H and O–H groups in total. The zero-order valence-corrected chi connectivity index (χ0v) is 7.76. The van der Waals surface area contributed by atoms with Crippen molar-refractivity contribution in [2.75, 3.05) is 0 Å². The van der Waals surface area contributed by atoms with Crippen molar-refractivity contribution in [1.82, 2.24) is 0 Å². The summed E-state index contributed by atoms with van der Waals surface area (Å²) in [6.07, 6.45) is 9.56. The molecule has 0 aromatic rings. The van der Waals surface area contributed by atoms with Crippen molar-refractivity contribution in [2.24, 2.45) is 11.8 Å². The molecule has 4 unspecified atom stereocenters. The van der Waals surface area contributed by atoms with Gasteiger partial charge in [0.05, 0.1) is 6.26 Å². The summed E-state index contributed by atoms with van der Waals surface area (Å²) in [7, 11) is 0. The molecular weight excluding hydrogens is 180 g/mol. The minimum absolute atomic E-state index is 0.0358. The lowest BCUT2D eigenvalue weighted by atomic mass is 9.77. The number of esters is 1. The normalized spacial score (nSPS) is 43.9. The van der Waals surface area contributed by atoms with Gasteiger partial charge in [-0.15, -0.1) is 0 Å². The maximum absolute atomic E-state index is 11.0. The Hall–Kier alpha value is -1.25. The number of hydrogen-bond acceptors (Lipinski definition) is 3. The molecule has 2 heterocycles. The number of fused-ring (bicyclic) bond motifs is 2. The maximum Gasteiger partial charge on any atom is 0.330 e. The van der Waals surface area contributed by atoms with Gasteiger partial charge in [0.25, 0.3) is 0 Å². The maximum atomic E-state index is 11.0. The third kappa shape index (κ3) is 1.15. The molecule has 3 heteroatoms. The minimum atomic E-state index is -0.212. The Morgan fingerprint density at radius 2 is 2.00 bits per heavy atom. The van der Waals surface area contributed by atoms with Crippen molar-refractivity contribution < 1.29 is 14.3 Å². The third-order valence-electron chi connectivity index (χ3n) is 3.29. The lowest BCUT2D eigenvalue weighted by Crippen LogP contribution is -2.40. The first-order chi connectivity index (χ1) is 6.83. The van der Waals surface area contributed by atoms with E-state index in [0.717, 1.165) is 12.8 Å². The van der Waals surface area contributed by atoms with Gasteiger partial charge in [-0.05, 0) is 12.5 Å². The average molecular weight is 192 g/mol. The molecule has 14 heavy (non-hydrogen) atoms. The fraction of sp³-hybridized carbons (Fsp3) is 0.545. The Balaban J connectivity index is 1.81. The molecule has 0 spiro atoms. The van der Waals surface area contributed by atoms with Gasteiger partial charge in [-0.1, -0.05) is 6.08 Å². The third-order valence-corrected chi connectivity index (χ3v) is 3.29. The van der Waals surface area contributed by atoms with E-state index >= 15 is 0 Å². The summed E-state index contributed by atoms with van der Waals surface area (Å²) in [6, 6.07) is 0. The molecule has 0 radical (unpaired) electrons. The van der Waals surface area contributed by atoms with E-state index in [-0.39, 0.29) is 18.2 Å². The molecule has 3 nitrogen and oxygen atoms in total. The second kappa shape index (κ2) is 2.87. The van der Waals surface area contributed by atoms with Crippen LogP contribution in [0.1, 0.15) is 12.8 Å². The van der Waals surface area contributed by atoms with Crippen LogP contribution in [0.15, 0.2) is 24.5 Å². The molecule has 2 aliphatic heterocycles. The number of carbonyl (C=O) groups is 1. The molecule has 3 rings (SSSR count). The van der Waals surface area contributed by atoms with Crippen molar-refractivity contribution in [2.45, 2.75) is 25.0 Å². The van der Waals surface area contributed by atoms with Gasteiger partial charge in [0.15, 0.2) is 0 Å². The molecule has 0 bridgehead atoms. The van der Waals surface area contributed by atoms with Crippen LogP contribution < -0.4 is 0 Å². The molecule has 74 valence electrons. The molecule has 4 atom stereocenters. The first-order valence-electron chi connectivity index (χ1n) is 5.04. The molecule has 1 fully saturated rings. The van der Waals surface area contributed by atoms with Crippen LogP contribution in [0.3, 0.4) is 0 Å². The molecule has 3 aliphatic rings. The summed E-state index contributed by atoms with van der Waals surface area (Å²) in [4.78, 5) is 11.0. The Labute approximate surface area is 82.4 Å². The minimum Gasteiger partial charge on any atom is -0.498 e. The predicted molar refractivity (Wildman–Crippen MR) is 49.2 cm³/mol. The van der Waals surface area contributed by atoms with Crippen LogP contribution in [0, 0.1) is 11.8 Å². The van der Waals surface area contributed by atoms with Gasteiger partial charge in [0, 0.05) is 24.3 Å². The second-order valence-corrected chi connectivity index (χ2v) is 4.14. The largest absolute Gasteiger partial charge is 0.498 e. The van der Waals surface area contributed by atoms with E-state index in [9.17, 15) is 4.79 Å².